The molecular formula is C43H48Fe. The predicted molar refractivity (Wildman–Crippen MR) is 186 cm³/mol. The van der Waals surface area contributed by atoms with Crippen LogP contribution >= 0.6 is 0 Å². The van der Waals surface area contributed by atoms with E-state index in [1.54, 1.807) is 0 Å². The Kier molecular flexibility index (Phi) is 13.7. The molecule has 0 aliphatic heterocycles. The minimum Gasteiger partial charge on any atom is -0.358 e. The maximum Gasteiger partial charge on any atom is 2.00 e. The molecule has 0 nitrogen and oxygen atoms in total. The molecule has 0 amide bonds. The van der Waals surface area contributed by atoms with Crippen molar-refractivity contribution in [2.75, 3.05) is 0 Å². The summed E-state index contributed by atoms with van der Waals surface area (Å²) in [5.41, 5.74) is 7.13. The van der Waals surface area contributed by atoms with Crippen LogP contribution in [0.25, 0.3) is 0 Å². The normalized spacial score (nSPS) is 22.3. The zero-order valence-electron chi connectivity index (χ0n) is 26.6. The van der Waals surface area contributed by atoms with Crippen LogP contribution < -0.4 is 0 Å². The number of rotatable bonds is 5. The van der Waals surface area contributed by atoms with E-state index in [-0.39, 0.29) is 31.9 Å². The Bertz CT molecular complexity index is 1180. The molecule has 2 aliphatic carbocycles. The Labute approximate surface area is 278 Å². The van der Waals surface area contributed by atoms with Crippen LogP contribution in [0.3, 0.4) is 0 Å². The van der Waals surface area contributed by atoms with Crippen molar-refractivity contribution >= 4 is 0 Å². The molecular weight excluding hydrogens is 572 g/mol. The van der Waals surface area contributed by atoms with E-state index in [0.717, 1.165) is 5.92 Å². The molecule has 0 atom stereocenters. The van der Waals surface area contributed by atoms with Crippen LogP contribution in [0, 0.1) is 20.8 Å². The van der Waals surface area contributed by atoms with Crippen LogP contribution in [0.1, 0.15) is 90.0 Å². The summed E-state index contributed by atoms with van der Waals surface area (Å²) in [7, 11) is 0. The molecule has 0 N–H and O–H groups in total. The molecule has 0 spiro atoms. The van der Waals surface area contributed by atoms with Gasteiger partial charge in [0.25, 0.3) is 0 Å². The minimum absolute atomic E-state index is 0. The van der Waals surface area contributed by atoms with E-state index < -0.39 is 0 Å². The second-order valence-electron chi connectivity index (χ2n) is 12.1. The van der Waals surface area contributed by atoms with E-state index >= 15 is 0 Å². The number of hydrogen-bond donors (Lipinski definition) is 0. The summed E-state index contributed by atoms with van der Waals surface area (Å²) in [4.78, 5) is 0. The first-order valence-electron chi connectivity index (χ1n) is 15.6. The third kappa shape index (κ3) is 7.82. The predicted octanol–water partition coefficient (Wildman–Crippen LogP) is 12.0. The van der Waals surface area contributed by atoms with Crippen molar-refractivity contribution in [3.05, 3.63) is 194 Å². The smallest absolute Gasteiger partial charge is 0.358 e. The molecule has 0 heterocycles. The van der Waals surface area contributed by atoms with Gasteiger partial charge in [0.15, 0.2) is 0 Å². The van der Waals surface area contributed by atoms with E-state index in [2.05, 4.69) is 159 Å². The summed E-state index contributed by atoms with van der Waals surface area (Å²) in [6.07, 6.45) is 5.95. The third-order valence-corrected chi connectivity index (χ3v) is 9.50. The number of benzene rings is 5. The molecule has 2 aliphatic rings. The Morgan fingerprint density at radius 1 is 0.341 bits per heavy atom. The van der Waals surface area contributed by atoms with Gasteiger partial charge in [-0.15, -0.1) is 0 Å². The summed E-state index contributed by atoms with van der Waals surface area (Å²) >= 11 is 0. The Morgan fingerprint density at radius 3 is 0.659 bits per heavy atom. The van der Waals surface area contributed by atoms with Gasteiger partial charge in [0.05, 0.1) is 0 Å². The van der Waals surface area contributed by atoms with Crippen molar-refractivity contribution in [3.8, 4) is 0 Å². The average Bonchev–Trinajstić information content (AvgIpc) is 3.68. The standard InChI is InChI=1S/C35H30.C6H12.2CH3.Fe/c1-6-16-26(17-7-1)31-32(27-18-8-2-9-19-27)34(29-22-12-4-13-23-29)35(30-24-14-5-15-25-30)33(31)28-20-10-3-11-21-28;1-6-4-2-3-5-6;;;/h1-25,31-35H;6H,2-5H2,1H3;2*1H3;/q;;2*-1;+2. The zero-order chi connectivity index (χ0) is 27.9. The van der Waals surface area contributed by atoms with Crippen LogP contribution in [0.2, 0.25) is 0 Å². The first-order valence-corrected chi connectivity index (χ1v) is 15.6. The summed E-state index contributed by atoms with van der Waals surface area (Å²) < 4.78 is 0. The molecule has 228 valence electrons. The van der Waals surface area contributed by atoms with E-state index in [9.17, 15) is 0 Å². The van der Waals surface area contributed by atoms with Gasteiger partial charge in [-0.2, -0.15) is 0 Å². The molecule has 44 heavy (non-hydrogen) atoms. The third-order valence-electron chi connectivity index (χ3n) is 9.50. The number of hydrogen-bond acceptors (Lipinski definition) is 0. The molecule has 0 saturated heterocycles. The van der Waals surface area contributed by atoms with Crippen molar-refractivity contribution in [1.82, 2.24) is 0 Å². The van der Waals surface area contributed by atoms with Crippen LogP contribution in [-0.2, 0) is 17.1 Å². The largest absolute Gasteiger partial charge is 2.00 e. The van der Waals surface area contributed by atoms with Crippen molar-refractivity contribution in [2.45, 2.75) is 62.2 Å². The SMILES string of the molecule is CC1CCCC1.[CH3-].[CH3-].[Fe+2].c1ccc(C2C(c3ccccc3)C(c3ccccc3)C(c3ccccc3)C2c2ccccc2)cc1. The van der Waals surface area contributed by atoms with Crippen molar-refractivity contribution in [1.29, 1.82) is 0 Å². The maximum atomic E-state index is 2.34. The second kappa shape index (κ2) is 17.2. The van der Waals surface area contributed by atoms with Crippen molar-refractivity contribution < 1.29 is 17.1 Å². The van der Waals surface area contributed by atoms with Crippen molar-refractivity contribution in [3.63, 3.8) is 0 Å². The summed E-state index contributed by atoms with van der Waals surface area (Å²) in [5.74, 6) is 2.84. The fourth-order valence-electron chi connectivity index (χ4n) is 7.70. The van der Waals surface area contributed by atoms with Crippen molar-refractivity contribution in [2.24, 2.45) is 5.92 Å². The van der Waals surface area contributed by atoms with Gasteiger partial charge < -0.3 is 14.9 Å². The zero-order valence-corrected chi connectivity index (χ0v) is 27.7. The first-order chi connectivity index (χ1) is 20.3. The molecule has 1 heteroatoms. The van der Waals surface area contributed by atoms with Gasteiger partial charge >= 0.3 is 17.1 Å². The van der Waals surface area contributed by atoms with Gasteiger partial charge in [0.1, 0.15) is 0 Å². The van der Waals surface area contributed by atoms with E-state index in [4.69, 9.17) is 0 Å². The van der Waals surface area contributed by atoms with E-state index in [1.165, 1.54) is 53.5 Å². The molecule has 5 aromatic rings. The molecule has 0 unspecified atom stereocenters. The molecule has 2 fully saturated rings. The Morgan fingerprint density at radius 2 is 0.523 bits per heavy atom. The fraction of sp³-hybridized carbons (Fsp3) is 0.256. The van der Waals surface area contributed by atoms with Gasteiger partial charge in [-0.1, -0.05) is 184 Å². The first kappa shape index (κ1) is 35.1. The molecule has 5 aromatic carbocycles. The Balaban J connectivity index is 0.000000529. The van der Waals surface area contributed by atoms with Crippen LogP contribution in [0.4, 0.5) is 0 Å². The minimum atomic E-state index is 0. The molecule has 7 rings (SSSR count). The van der Waals surface area contributed by atoms with Crippen LogP contribution in [-0.4, -0.2) is 0 Å². The maximum absolute atomic E-state index is 2.34. The second-order valence-corrected chi connectivity index (χ2v) is 12.1. The summed E-state index contributed by atoms with van der Waals surface area (Å²) in [5, 5.41) is 0. The molecule has 2 saturated carbocycles. The van der Waals surface area contributed by atoms with E-state index in [0.29, 0.717) is 29.6 Å². The van der Waals surface area contributed by atoms with Gasteiger partial charge in [0, 0.05) is 0 Å². The monoisotopic (exact) mass is 620 g/mol. The topological polar surface area (TPSA) is 0 Å². The summed E-state index contributed by atoms with van der Waals surface area (Å²) in [6.45, 7) is 2.34. The van der Waals surface area contributed by atoms with E-state index in [1.807, 2.05) is 0 Å². The molecule has 0 aromatic heterocycles. The molecule has 0 bridgehead atoms. The van der Waals surface area contributed by atoms with Crippen LogP contribution in [0.5, 0.6) is 0 Å². The van der Waals surface area contributed by atoms with Crippen LogP contribution in [0.15, 0.2) is 152 Å². The van der Waals surface area contributed by atoms with Gasteiger partial charge in [-0.3, -0.25) is 0 Å². The van der Waals surface area contributed by atoms with Gasteiger partial charge in [-0.05, 0) is 63.3 Å². The average molecular weight is 621 g/mol. The van der Waals surface area contributed by atoms with Gasteiger partial charge in [0.2, 0.25) is 0 Å². The fourth-order valence-corrected chi connectivity index (χ4v) is 7.70. The Hall–Kier alpha value is -3.38. The van der Waals surface area contributed by atoms with Gasteiger partial charge in [-0.25, -0.2) is 0 Å². The quantitative estimate of drug-likeness (QED) is 0.135. The summed E-state index contributed by atoms with van der Waals surface area (Å²) in [6, 6.07) is 56.1. The molecule has 0 radical (unpaired) electrons.